The van der Waals surface area contributed by atoms with Crippen molar-refractivity contribution in [2.24, 2.45) is 0 Å². The molecule has 0 atom stereocenters. The minimum absolute atomic E-state index is 0.361. The van der Waals surface area contributed by atoms with Crippen molar-refractivity contribution in [2.75, 3.05) is 0 Å². The van der Waals surface area contributed by atoms with E-state index >= 15 is 0 Å². The van der Waals surface area contributed by atoms with E-state index in [1.165, 1.54) is 83.1 Å². The van der Waals surface area contributed by atoms with Crippen LogP contribution in [0.25, 0.3) is 60.9 Å². The van der Waals surface area contributed by atoms with Crippen molar-refractivity contribution in [1.29, 1.82) is 0 Å². The van der Waals surface area contributed by atoms with Crippen molar-refractivity contribution >= 4 is 21.8 Å². The highest BCUT2D eigenvalue weighted by Gasteiger charge is 2.52. The van der Waals surface area contributed by atoms with Gasteiger partial charge in [0, 0.05) is 22.0 Å². The van der Waals surface area contributed by atoms with E-state index in [0.717, 1.165) is 0 Å². The van der Waals surface area contributed by atoms with Gasteiger partial charge in [0.2, 0.25) is 0 Å². The molecule has 1 heteroatoms. The Labute approximate surface area is 256 Å². The molecule has 10 rings (SSSR count). The molecule has 0 aliphatic heterocycles. The molecule has 1 aromatic heterocycles. The average molecular weight is 558 g/mol. The monoisotopic (exact) mass is 557 g/mol. The summed E-state index contributed by atoms with van der Waals surface area (Å²) >= 11 is 0. The van der Waals surface area contributed by atoms with Crippen LogP contribution in [0, 0.1) is 0 Å². The molecule has 1 heterocycles. The molecule has 1 spiro atoms. The van der Waals surface area contributed by atoms with Gasteiger partial charge in [0.1, 0.15) is 0 Å². The van der Waals surface area contributed by atoms with Crippen LogP contribution >= 0.6 is 0 Å². The quantitative estimate of drug-likeness (QED) is 0.199. The smallest absolute Gasteiger partial charge is 0.0726 e. The Morgan fingerprint density at radius 3 is 1.64 bits per heavy atom. The van der Waals surface area contributed by atoms with Crippen molar-refractivity contribution in [2.45, 2.75) is 5.41 Å². The van der Waals surface area contributed by atoms with E-state index in [-0.39, 0.29) is 5.41 Å². The molecule has 0 saturated heterocycles. The fraction of sp³-hybridized carbons (Fsp3) is 0.0233. The van der Waals surface area contributed by atoms with Gasteiger partial charge >= 0.3 is 0 Å². The zero-order valence-corrected chi connectivity index (χ0v) is 24.0. The van der Waals surface area contributed by atoms with Crippen molar-refractivity contribution in [3.63, 3.8) is 0 Å². The van der Waals surface area contributed by atoms with E-state index in [4.69, 9.17) is 0 Å². The lowest BCUT2D eigenvalue weighted by atomic mass is 9.70. The van der Waals surface area contributed by atoms with Gasteiger partial charge in [-0.2, -0.15) is 0 Å². The van der Waals surface area contributed by atoms with Crippen LogP contribution in [0.5, 0.6) is 0 Å². The van der Waals surface area contributed by atoms with Crippen LogP contribution in [-0.2, 0) is 5.41 Å². The highest BCUT2D eigenvalue weighted by Crippen LogP contribution is 2.64. The molecule has 0 bridgehead atoms. The Balaban J connectivity index is 1.40. The fourth-order valence-electron chi connectivity index (χ4n) is 8.34. The van der Waals surface area contributed by atoms with Crippen molar-refractivity contribution in [1.82, 2.24) is 4.57 Å². The molecular weight excluding hydrogens is 530 g/mol. The Bertz CT molecular complexity index is 2380. The number of rotatable bonds is 2. The van der Waals surface area contributed by atoms with Crippen LogP contribution in [0.15, 0.2) is 164 Å². The third-order valence-corrected chi connectivity index (χ3v) is 10.0. The SMILES string of the molecule is c1ccc(-c2ccc3c(c2)c2ccc4c(c2n3-c2ccccc2)-c2ccccc2C42c3ccccc3-c3ccccc32)cc1. The van der Waals surface area contributed by atoms with Gasteiger partial charge in [-0.25, -0.2) is 0 Å². The van der Waals surface area contributed by atoms with Gasteiger partial charge in [0.15, 0.2) is 0 Å². The molecule has 2 aliphatic rings. The first-order valence-electron chi connectivity index (χ1n) is 15.4. The van der Waals surface area contributed by atoms with E-state index in [1.54, 1.807) is 0 Å². The van der Waals surface area contributed by atoms with Gasteiger partial charge in [0.05, 0.1) is 16.4 Å². The van der Waals surface area contributed by atoms with Crippen molar-refractivity contribution in [3.8, 4) is 39.1 Å². The minimum Gasteiger partial charge on any atom is -0.309 e. The summed E-state index contributed by atoms with van der Waals surface area (Å²) in [7, 11) is 0. The molecular formula is C43H27N. The third-order valence-electron chi connectivity index (χ3n) is 10.0. The second kappa shape index (κ2) is 8.69. The normalized spacial score (nSPS) is 13.6. The largest absolute Gasteiger partial charge is 0.309 e. The second-order valence-corrected chi connectivity index (χ2v) is 12.0. The van der Waals surface area contributed by atoms with E-state index < -0.39 is 0 Å². The highest BCUT2D eigenvalue weighted by atomic mass is 15.0. The summed E-state index contributed by atoms with van der Waals surface area (Å²) in [5, 5.41) is 2.56. The number of hydrogen-bond acceptors (Lipinski definition) is 0. The lowest BCUT2D eigenvalue weighted by molar-refractivity contribution is 0.794. The average Bonchev–Trinajstić information content (AvgIpc) is 3.70. The first-order chi connectivity index (χ1) is 21.9. The number of hydrogen-bond donors (Lipinski definition) is 0. The molecule has 1 nitrogen and oxygen atoms in total. The number of benzene rings is 7. The molecule has 0 saturated carbocycles. The second-order valence-electron chi connectivity index (χ2n) is 12.0. The topological polar surface area (TPSA) is 4.93 Å². The van der Waals surface area contributed by atoms with E-state index in [9.17, 15) is 0 Å². The maximum atomic E-state index is 2.50. The summed E-state index contributed by atoms with van der Waals surface area (Å²) in [5.74, 6) is 0. The maximum Gasteiger partial charge on any atom is 0.0726 e. The molecule has 2 aliphatic carbocycles. The summed E-state index contributed by atoms with van der Waals surface area (Å²) in [4.78, 5) is 0. The van der Waals surface area contributed by atoms with Gasteiger partial charge in [-0.05, 0) is 74.3 Å². The summed E-state index contributed by atoms with van der Waals surface area (Å²) in [5.41, 5.74) is 16.6. The summed E-state index contributed by atoms with van der Waals surface area (Å²) in [6.45, 7) is 0. The number of aromatic nitrogens is 1. The molecule has 7 aromatic carbocycles. The molecule has 0 N–H and O–H groups in total. The van der Waals surface area contributed by atoms with Crippen molar-refractivity contribution < 1.29 is 0 Å². The first-order valence-corrected chi connectivity index (χ1v) is 15.4. The molecule has 44 heavy (non-hydrogen) atoms. The Morgan fingerprint density at radius 1 is 0.386 bits per heavy atom. The van der Waals surface area contributed by atoms with Crippen LogP contribution in [0.3, 0.4) is 0 Å². The van der Waals surface area contributed by atoms with E-state index in [1.807, 2.05) is 0 Å². The Kier molecular flexibility index (Phi) is 4.71. The van der Waals surface area contributed by atoms with Crippen LogP contribution in [0.4, 0.5) is 0 Å². The van der Waals surface area contributed by atoms with Crippen LogP contribution in [-0.4, -0.2) is 4.57 Å². The van der Waals surface area contributed by atoms with E-state index in [0.29, 0.717) is 0 Å². The zero-order valence-electron chi connectivity index (χ0n) is 24.0. The predicted octanol–water partition coefficient (Wildman–Crippen LogP) is 10.8. The number of fused-ring (bicyclic) bond motifs is 14. The molecule has 204 valence electrons. The first kappa shape index (κ1) is 23.9. The van der Waals surface area contributed by atoms with Crippen molar-refractivity contribution in [3.05, 3.63) is 186 Å². The van der Waals surface area contributed by atoms with Gasteiger partial charge < -0.3 is 4.57 Å². The lowest BCUT2D eigenvalue weighted by Crippen LogP contribution is -2.25. The number of para-hydroxylation sites is 1. The standard InChI is InChI=1S/C43H27N/c1-3-13-28(14-4-1)29-23-26-40-35(27-29)33-24-25-39-41(42(33)44(40)30-15-5-2-6-16-30)34-19-9-12-22-38(34)43(39)36-20-10-7-17-31(36)32-18-8-11-21-37(32)43/h1-27H. The highest BCUT2D eigenvalue weighted by molar-refractivity contribution is 6.17. The molecule has 0 fully saturated rings. The fourth-order valence-corrected chi connectivity index (χ4v) is 8.34. The summed E-state index contributed by atoms with van der Waals surface area (Å²) in [6.07, 6.45) is 0. The Hall–Kier alpha value is -5.66. The van der Waals surface area contributed by atoms with Gasteiger partial charge in [-0.3, -0.25) is 0 Å². The van der Waals surface area contributed by atoms with E-state index in [2.05, 4.69) is 168 Å². The molecule has 8 aromatic rings. The van der Waals surface area contributed by atoms with Gasteiger partial charge in [0.25, 0.3) is 0 Å². The Morgan fingerprint density at radius 2 is 0.955 bits per heavy atom. The molecule has 0 radical (unpaired) electrons. The lowest BCUT2D eigenvalue weighted by Gasteiger charge is -2.30. The van der Waals surface area contributed by atoms with Crippen LogP contribution in [0.1, 0.15) is 22.3 Å². The van der Waals surface area contributed by atoms with Crippen LogP contribution < -0.4 is 0 Å². The zero-order chi connectivity index (χ0) is 28.8. The maximum absolute atomic E-state index is 2.50. The minimum atomic E-state index is -0.361. The number of nitrogens with zero attached hydrogens (tertiary/aromatic N) is 1. The predicted molar refractivity (Wildman–Crippen MR) is 183 cm³/mol. The summed E-state index contributed by atoms with van der Waals surface area (Å²) < 4.78 is 2.50. The molecule has 0 unspecified atom stereocenters. The molecule has 0 amide bonds. The third kappa shape index (κ3) is 2.89. The summed E-state index contributed by atoms with van der Waals surface area (Å²) in [6, 6.07) is 60.6. The van der Waals surface area contributed by atoms with Gasteiger partial charge in [-0.1, -0.05) is 140 Å². The van der Waals surface area contributed by atoms with Gasteiger partial charge in [-0.15, -0.1) is 0 Å². The van der Waals surface area contributed by atoms with Crippen LogP contribution in [0.2, 0.25) is 0 Å².